The predicted molar refractivity (Wildman–Crippen MR) is 74.0 cm³/mol. The van der Waals surface area contributed by atoms with Crippen LogP contribution in [0, 0.1) is 5.92 Å². The van der Waals surface area contributed by atoms with Crippen molar-refractivity contribution in [2.75, 3.05) is 7.05 Å². The smallest absolute Gasteiger partial charge is 0.317 e. The van der Waals surface area contributed by atoms with E-state index >= 15 is 0 Å². The molecule has 0 aromatic rings. The maximum atomic E-state index is 12.2. The second kappa shape index (κ2) is 7.36. The number of carboxylic acid groups (broad SMARTS) is 1. The van der Waals surface area contributed by atoms with E-state index < -0.39 is 5.97 Å². The Labute approximate surface area is 115 Å². The number of rotatable bonds is 5. The molecular formula is C14H26N2O3. The summed E-state index contributed by atoms with van der Waals surface area (Å²) in [7, 11) is 1.81. The standard InChI is InChI=1S/C14H26N2O3/c1-10(2)12(9-13(17)18)15-14(19)16(3)11-7-5-4-6-8-11/h10-12H,4-9H2,1-3H3,(H,15,19)(H,17,18). The highest BCUT2D eigenvalue weighted by Crippen LogP contribution is 2.21. The molecule has 1 aliphatic carbocycles. The highest BCUT2D eigenvalue weighted by atomic mass is 16.4. The molecule has 1 unspecified atom stereocenters. The molecule has 1 fully saturated rings. The van der Waals surface area contributed by atoms with Crippen LogP contribution in [-0.2, 0) is 4.79 Å². The fraction of sp³-hybridized carbons (Fsp3) is 0.857. The Kier molecular flexibility index (Phi) is 6.12. The van der Waals surface area contributed by atoms with Crippen molar-refractivity contribution in [2.24, 2.45) is 5.92 Å². The lowest BCUT2D eigenvalue weighted by Gasteiger charge is -2.33. The van der Waals surface area contributed by atoms with E-state index in [1.54, 1.807) is 4.90 Å². The number of hydrogen-bond acceptors (Lipinski definition) is 2. The van der Waals surface area contributed by atoms with E-state index in [1.807, 2.05) is 20.9 Å². The molecular weight excluding hydrogens is 244 g/mol. The first-order chi connectivity index (χ1) is 8.91. The summed E-state index contributed by atoms with van der Waals surface area (Å²) in [6.07, 6.45) is 5.67. The van der Waals surface area contributed by atoms with E-state index in [0.29, 0.717) is 6.04 Å². The summed E-state index contributed by atoms with van der Waals surface area (Å²) < 4.78 is 0. The molecule has 1 aliphatic rings. The zero-order valence-corrected chi connectivity index (χ0v) is 12.2. The van der Waals surface area contributed by atoms with Gasteiger partial charge in [0.15, 0.2) is 0 Å². The highest BCUT2D eigenvalue weighted by molar-refractivity contribution is 5.76. The van der Waals surface area contributed by atoms with Gasteiger partial charge < -0.3 is 15.3 Å². The molecule has 0 spiro atoms. The van der Waals surface area contributed by atoms with E-state index in [2.05, 4.69) is 5.32 Å². The normalized spacial score (nSPS) is 18.1. The summed E-state index contributed by atoms with van der Waals surface area (Å²) in [5, 5.41) is 11.7. The number of nitrogens with zero attached hydrogens (tertiary/aromatic N) is 1. The summed E-state index contributed by atoms with van der Waals surface area (Å²) in [6, 6.07) is -0.158. The lowest BCUT2D eigenvalue weighted by molar-refractivity contribution is -0.137. The number of urea groups is 1. The molecule has 0 bridgehead atoms. The third-order valence-corrected chi connectivity index (χ3v) is 3.95. The fourth-order valence-corrected chi connectivity index (χ4v) is 2.54. The Morgan fingerprint density at radius 2 is 1.84 bits per heavy atom. The van der Waals surface area contributed by atoms with Crippen molar-refractivity contribution in [3.8, 4) is 0 Å². The van der Waals surface area contributed by atoms with Crippen LogP contribution in [0.25, 0.3) is 0 Å². The first kappa shape index (κ1) is 15.8. The third kappa shape index (κ3) is 5.09. The van der Waals surface area contributed by atoms with Gasteiger partial charge in [-0.3, -0.25) is 4.79 Å². The van der Waals surface area contributed by atoms with E-state index in [4.69, 9.17) is 5.11 Å². The Morgan fingerprint density at radius 3 is 2.32 bits per heavy atom. The molecule has 1 atom stereocenters. The Hall–Kier alpha value is -1.26. The van der Waals surface area contributed by atoms with Crippen LogP contribution >= 0.6 is 0 Å². The van der Waals surface area contributed by atoms with Crippen LogP contribution in [0.4, 0.5) is 4.79 Å². The minimum atomic E-state index is -0.876. The molecule has 2 amide bonds. The van der Waals surface area contributed by atoms with Gasteiger partial charge in [0.2, 0.25) is 0 Å². The van der Waals surface area contributed by atoms with Gasteiger partial charge in [0.05, 0.1) is 6.42 Å². The van der Waals surface area contributed by atoms with Gasteiger partial charge in [-0.05, 0) is 18.8 Å². The van der Waals surface area contributed by atoms with Gasteiger partial charge in [0.1, 0.15) is 0 Å². The van der Waals surface area contributed by atoms with Crippen molar-refractivity contribution in [3.63, 3.8) is 0 Å². The van der Waals surface area contributed by atoms with Crippen LogP contribution in [0.5, 0.6) is 0 Å². The molecule has 2 N–H and O–H groups in total. The fourth-order valence-electron chi connectivity index (χ4n) is 2.54. The van der Waals surface area contributed by atoms with Gasteiger partial charge in [0, 0.05) is 19.1 Å². The molecule has 110 valence electrons. The zero-order chi connectivity index (χ0) is 14.4. The number of carbonyl (C=O) groups is 2. The predicted octanol–water partition coefficient (Wildman–Crippen LogP) is 2.46. The molecule has 1 rings (SSSR count). The molecule has 5 nitrogen and oxygen atoms in total. The minimum Gasteiger partial charge on any atom is -0.481 e. The number of carbonyl (C=O) groups excluding carboxylic acids is 1. The molecule has 5 heteroatoms. The van der Waals surface area contributed by atoms with Crippen molar-refractivity contribution in [3.05, 3.63) is 0 Å². The van der Waals surface area contributed by atoms with Crippen molar-refractivity contribution >= 4 is 12.0 Å². The summed E-state index contributed by atoms with van der Waals surface area (Å²) in [6.45, 7) is 3.85. The highest BCUT2D eigenvalue weighted by Gasteiger charge is 2.25. The van der Waals surface area contributed by atoms with Crippen LogP contribution in [0.15, 0.2) is 0 Å². The number of carboxylic acids is 1. The van der Waals surface area contributed by atoms with Crippen molar-refractivity contribution in [2.45, 2.75) is 64.5 Å². The topological polar surface area (TPSA) is 69.6 Å². The number of amides is 2. The number of nitrogens with one attached hydrogen (secondary N) is 1. The summed E-state index contributed by atoms with van der Waals surface area (Å²) in [4.78, 5) is 24.7. The molecule has 0 heterocycles. The van der Waals surface area contributed by atoms with Crippen LogP contribution in [0.3, 0.4) is 0 Å². The first-order valence-electron chi connectivity index (χ1n) is 7.17. The Balaban J connectivity index is 2.52. The molecule has 19 heavy (non-hydrogen) atoms. The second-order valence-corrected chi connectivity index (χ2v) is 5.80. The van der Waals surface area contributed by atoms with Crippen molar-refractivity contribution < 1.29 is 14.7 Å². The molecule has 0 saturated heterocycles. The van der Waals surface area contributed by atoms with E-state index in [-0.39, 0.29) is 24.4 Å². The van der Waals surface area contributed by atoms with Crippen molar-refractivity contribution in [1.29, 1.82) is 0 Å². The first-order valence-corrected chi connectivity index (χ1v) is 7.17. The maximum Gasteiger partial charge on any atom is 0.317 e. The molecule has 1 saturated carbocycles. The van der Waals surface area contributed by atoms with Crippen LogP contribution in [0.1, 0.15) is 52.4 Å². The molecule has 0 aromatic carbocycles. The minimum absolute atomic E-state index is 0.0259. The summed E-state index contributed by atoms with van der Waals surface area (Å²) in [5.41, 5.74) is 0. The van der Waals surface area contributed by atoms with E-state index in [9.17, 15) is 9.59 Å². The van der Waals surface area contributed by atoms with Gasteiger partial charge in [0.25, 0.3) is 0 Å². The summed E-state index contributed by atoms with van der Waals surface area (Å²) >= 11 is 0. The molecule has 0 aliphatic heterocycles. The number of aliphatic carboxylic acids is 1. The maximum absolute atomic E-state index is 12.2. The quantitative estimate of drug-likeness (QED) is 0.806. The summed E-state index contributed by atoms with van der Waals surface area (Å²) in [5.74, 6) is -0.765. The third-order valence-electron chi connectivity index (χ3n) is 3.95. The van der Waals surface area contributed by atoms with Crippen LogP contribution in [-0.4, -0.2) is 41.1 Å². The van der Waals surface area contributed by atoms with Gasteiger partial charge in [-0.2, -0.15) is 0 Å². The monoisotopic (exact) mass is 270 g/mol. The lowest BCUT2D eigenvalue weighted by atomic mass is 9.94. The van der Waals surface area contributed by atoms with Crippen LogP contribution < -0.4 is 5.32 Å². The Morgan fingerprint density at radius 1 is 1.26 bits per heavy atom. The van der Waals surface area contributed by atoms with E-state index in [0.717, 1.165) is 12.8 Å². The average Bonchev–Trinajstić information content (AvgIpc) is 2.37. The average molecular weight is 270 g/mol. The van der Waals surface area contributed by atoms with Gasteiger partial charge in [-0.15, -0.1) is 0 Å². The lowest BCUT2D eigenvalue weighted by Crippen LogP contribution is -2.49. The second-order valence-electron chi connectivity index (χ2n) is 5.80. The Bertz CT molecular complexity index is 312. The largest absolute Gasteiger partial charge is 0.481 e. The zero-order valence-electron chi connectivity index (χ0n) is 12.2. The SMILES string of the molecule is CC(C)C(CC(=O)O)NC(=O)N(C)C1CCCCC1. The molecule has 0 aromatic heterocycles. The van der Waals surface area contributed by atoms with Gasteiger partial charge in [-0.1, -0.05) is 33.1 Å². The van der Waals surface area contributed by atoms with E-state index in [1.165, 1.54) is 19.3 Å². The molecule has 0 radical (unpaired) electrons. The van der Waals surface area contributed by atoms with Gasteiger partial charge in [-0.25, -0.2) is 4.79 Å². The van der Waals surface area contributed by atoms with Crippen LogP contribution in [0.2, 0.25) is 0 Å². The number of hydrogen-bond donors (Lipinski definition) is 2. The van der Waals surface area contributed by atoms with Gasteiger partial charge >= 0.3 is 12.0 Å². The van der Waals surface area contributed by atoms with Crippen molar-refractivity contribution in [1.82, 2.24) is 10.2 Å².